The second-order valence-electron chi connectivity index (χ2n) is 5.28. The molecule has 0 unspecified atom stereocenters. The smallest absolute Gasteiger partial charge is 0.207 e. The van der Waals surface area contributed by atoms with E-state index in [4.69, 9.17) is 0 Å². The van der Waals surface area contributed by atoms with Crippen molar-refractivity contribution >= 4 is 0 Å². The SMILES string of the molecule is Fc1ccc(-c2nn(-c3ccccc3)[n+](-c3ccccc3)n2)cc1. The third-order valence-electron chi connectivity index (χ3n) is 3.64. The van der Waals surface area contributed by atoms with Crippen molar-refractivity contribution in [3.05, 3.63) is 90.7 Å². The Morgan fingerprint density at radius 2 is 1.38 bits per heavy atom. The van der Waals surface area contributed by atoms with Crippen LogP contribution in [-0.4, -0.2) is 15.0 Å². The number of hydrogen-bond donors (Lipinski definition) is 0. The van der Waals surface area contributed by atoms with Crippen molar-refractivity contribution in [3.63, 3.8) is 0 Å². The van der Waals surface area contributed by atoms with Crippen LogP contribution in [0.4, 0.5) is 4.39 Å². The van der Waals surface area contributed by atoms with E-state index < -0.39 is 0 Å². The third-order valence-corrected chi connectivity index (χ3v) is 3.64. The van der Waals surface area contributed by atoms with Crippen LogP contribution in [0.5, 0.6) is 0 Å². The zero-order valence-electron chi connectivity index (χ0n) is 12.7. The van der Waals surface area contributed by atoms with Crippen LogP contribution in [0.1, 0.15) is 0 Å². The molecule has 4 rings (SSSR count). The Kier molecular flexibility index (Phi) is 3.59. The first-order valence-electron chi connectivity index (χ1n) is 7.58. The van der Waals surface area contributed by atoms with Crippen LogP contribution in [0.15, 0.2) is 84.9 Å². The molecule has 0 saturated carbocycles. The van der Waals surface area contributed by atoms with Crippen molar-refractivity contribution < 1.29 is 9.19 Å². The summed E-state index contributed by atoms with van der Waals surface area (Å²) in [7, 11) is 0. The van der Waals surface area contributed by atoms with Gasteiger partial charge < -0.3 is 0 Å². The lowest BCUT2D eigenvalue weighted by molar-refractivity contribution is -0.734. The van der Waals surface area contributed by atoms with Gasteiger partial charge >= 0.3 is 5.82 Å². The van der Waals surface area contributed by atoms with Crippen molar-refractivity contribution in [2.45, 2.75) is 0 Å². The topological polar surface area (TPSA) is 34.6 Å². The van der Waals surface area contributed by atoms with Crippen molar-refractivity contribution in [1.82, 2.24) is 15.0 Å². The van der Waals surface area contributed by atoms with Crippen LogP contribution in [0.3, 0.4) is 0 Å². The third kappa shape index (κ3) is 2.67. The lowest BCUT2D eigenvalue weighted by atomic mass is 10.2. The lowest BCUT2D eigenvalue weighted by Gasteiger charge is -1.98. The Hall–Kier alpha value is -3.34. The van der Waals surface area contributed by atoms with Gasteiger partial charge in [-0.3, -0.25) is 0 Å². The molecule has 0 radical (unpaired) electrons. The van der Waals surface area contributed by atoms with Crippen LogP contribution in [0.2, 0.25) is 0 Å². The molecule has 1 aromatic heterocycles. The zero-order valence-corrected chi connectivity index (χ0v) is 12.7. The van der Waals surface area contributed by atoms with Gasteiger partial charge in [0.05, 0.1) is 10.7 Å². The molecule has 0 amide bonds. The molecule has 0 aliphatic heterocycles. The van der Waals surface area contributed by atoms with E-state index in [-0.39, 0.29) is 5.82 Å². The van der Waals surface area contributed by atoms with Gasteiger partial charge in [0, 0.05) is 4.80 Å². The van der Waals surface area contributed by atoms with Crippen LogP contribution >= 0.6 is 0 Å². The number of tetrazole rings is 1. The number of para-hydroxylation sites is 2. The van der Waals surface area contributed by atoms with E-state index in [0.717, 1.165) is 16.9 Å². The van der Waals surface area contributed by atoms with Crippen LogP contribution in [0, 0.1) is 5.82 Å². The summed E-state index contributed by atoms with van der Waals surface area (Å²) in [5.74, 6) is 0.250. The van der Waals surface area contributed by atoms with Gasteiger partial charge in [-0.25, -0.2) is 4.39 Å². The molecule has 0 N–H and O–H groups in total. The quantitative estimate of drug-likeness (QED) is 0.543. The molecule has 4 aromatic rings. The lowest BCUT2D eigenvalue weighted by Crippen LogP contribution is -2.43. The molecule has 24 heavy (non-hydrogen) atoms. The minimum Gasteiger partial charge on any atom is -0.207 e. The largest absolute Gasteiger partial charge is 0.340 e. The molecule has 5 heteroatoms. The molecule has 116 valence electrons. The van der Waals surface area contributed by atoms with Crippen LogP contribution < -0.4 is 4.80 Å². The first kappa shape index (κ1) is 14.3. The van der Waals surface area contributed by atoms with E-state index in [1.165, 1.54) is 12.1 Å². The highest BCUT2D eigenvalue weighted by Gasteiger charge is 2.22. The van der Waals surface area contributed by atoms with Crippen molar-refractivity contribution in [2.24, 2.45) is 0 Å². The van der Waals surface area contributed by atoms with E-state index >= 15 is 0 Å². The van der Waals surface area contributed by atoms with E-state index in [9.17, 15) is 4.39 Å². The molecule has 1 heterocycles. The van der Waals surface area contributed by atoms with Crippen molar-refractivity contribution in [3.8, 4) is 22.8 Å². The van der Waals surface area contributed by atoms with E-state index in [2.05, 4.69) is 10.2 Å². The molecule has 3 aromatic carbocycles. The Balaban J connectivity index is 1.89. The normalized spacial score (nSPS) is 10.7. The highest BCUT2D eigenvalue weighted by Crippen LogP contribution is 2.15. The van der Waals surface area contributed by atoms with E-state index in [0.29, 0.717) is 5.82 Å². The van der Waals surface area contributed by atoms with Gasteiger partial charge in [-0.1, -0.05) is 36.4 Å². The molecular weight excluding hydrogens is 303 g/mol. The summed E-state index contributed by atoms with van der Waals surface area (Å²) >= 11 is 0. The molecule has 0 fully saturated rings. The highest BCUT2D eigenvalue weighted by molar-refractivity contribution is 5.53. The molecule has 0 bridgehead atoms. The van der Waals surface area contributed by atoms with Gasteiger partial charge in [0.15, 0.2) is 5.69 Å². The molecule has 0 atom stereocenters. The number of benzene rings is 3. The minimum absolute atomic E-state index is 0.280. The monoisotopic (exact) mass is 317 g/mol. The van der Waals surface area contributed by atoms with Crippen LogP contribution in [0.25, 0.3) is 22.8 Å². The first-order chi connectivity index (χ1) is 11.8. The summed E-state index contributed by atoms with van der Waals surface area (Å²) in [6, 6.07) is 25.7. The number of rotatable bonds is 3. The molecule has 0 saturated heterocycles. The molecule has 0 spiro atoms. The van der Waals surface area contributed by atoms with E-state index in [1.807, 2.05) is 60.7 Å². The average molecular weight is 317 g/mol. The molecule has 4 nitrogen and oxygen atoms in total. The zero-order chi connectivity index (χ0) is 16.4. The van der Waals surface area contributed by atoms with E-state index in [1.54, 1.807) is 21.7 Å². The summed E-state index contributed by atoms with van der Waals surface area (Å²) in [5, 5.41) is 9.21. The maximum absolute atomic E-state index is 13.2. The second-order valence-corrected chi connectivity index (χ2v) is 5.28. The van der Waals surface area contributed by atoms with Gasteiger partial charge in [0.25, 0.3) is 0 Å². The van der Waals surface area contributed by atoms with Crippen molar-refractivity contribution in [1.29, 1.82) is 0 Å². The fraction of sp³-hybridized carbons (Fsp3) is 0. The molecular formula is C19H14FN4+. The number of aromatic nitrogens is 4. The Morgan fingerprint density at radius 3 is 2.04 bits per heavy atom. The highest BCUT2D eigenvalue weighted by atomic mass is 19.1. The fourth-order valence-electron chi connectivity index (χ4n) is 2.46. The van der Waals surface area contributed by atoms with Gasteiger partial charge in [-0.05, 0) is 58.4 Å². The number of hydrogen-bond acceptors (Lipinski definition) is 2. The Labute approximate surface area is 138 Å². The standard InChI is InChI=1S/C19H14FN4/c20-16-13-11-15(12-14-16)19-21-23(17-7-3-1-4-8-17)24(22-19)18-9-5-2-6-10-18/h1-14H/q+1. The summed E-state index contributed by atoms with van der Waals surface area (Å²) in [6.45, 7) is 0. The van der Waals surface area contributed by atoms with Gasteiger partial charge in [0.2, 0.25) is 0 Å². The predicted molar refractivity (Wildman–Crippen MR) is 88.3 cm³/mol. The Morgan fingerprint density at radius 1 is 0.750 bits per heavy atom. The average Bonchev–Trinajstić information content (AvgIpc) is 3.09. The van der Waals surface area contributed by atoms with Gasteiger partial charge in [-0.2, -0.15) is 0 Å². The summed E-state index contributed by atoms with van der Waals surface area (Å²) in [5.41, 5.74) is 2.54. The maximum atomic E-state index is 13.2. The summed E-state index contributed by atoms with van der Waals surface area (Å²) in [6.07, 6.45) is 0. The fourth-order valence-corrected chi connectivity index (χ4v) is 2.46. The van der Waals surface area contributed by atoms with Gasteiger partial charge in [-0.15, -0.1) is 0 Å². The number of halogens is 1. The minimum atomic E-state index is -0.280. The van der Waals surface area contributed by atoms with Gasteiger partial charge in [0.1, 0.15) is 11.5 Å². The Bertz CT molecular complexity index is 891. The number of nitrogens with zero attached hydrogens (tertiary/aromatic N) is 4. The summed E-state index contributed by atoms with van der Waals surface area (Å²) in [4.78, 5) is 3.46. The summed E-state index contributed by atoms with van der Waals surface area (Å²) < 4.78 is 13.2. The molecule has 0 aliphatic rings. The first-order valence-corrected chi connectivity index (χ1v) is 7.58. The second kappa shape index (κ2) is 6.04. The predicted octanol–water partition coefficient (Wildman–Crippen LogP) is 3.35. The van der Waals surface area contributed by atoms with Crippen molar-refractivity contribution in [2.75, 3.05) is 0 Å². The van der Waals surface area contributed by atoms with Crippen LogP contribution in [-0.2, 0) is 0 Å². The maximum Gasteiger partial charge on any atom is 0.340 e. The molecule has 0 aliphatic carbocycles.